The van der Waals surface area contributed by atoms with Gasteiger partial charge in [-0.1, -0.05) is 6.07 Å². The molecule has 0 bridgehead atoms. The summed E-state index contributed by atoms with van der Waals surface area (Å²) in [5.74, 6) is -0.648. The molecule has 108 valence electrons. The summed E-state index contributed by atoms with van der Waals surface area (Å²) in [6, 6.07) is 4.31. The van der Waals surface area contributed by atoms with Gasteiger partial charge in [0.2, 0.25) is 0 Å². The molecular formula is C14H16FNO3S. The largest absolute Gasteiger partial charge is 0.394 e. The molecule has 1 unspecified atom stereocenters. The van der Waals surface area contributed by atoms with Crippen LogP contribution in [0.25, 0.3) is 10.1 Å². The first-order valence-electron chi connectivity index (χ1n) is 6.16. The molecule has 1 atom stereocenters. The zero-order valence-electron chi connectivity index (χ0n) is 11.3. The van der Waals surface area contributed by atoms with E-state index in [0.29, 0.717) is 15.8 Å². The SMILES string of the molecule is COCC(CO)NC(=O)c1sc2cccc(F)c2c1C. The number of benzene rings is 1. The van der Waals surface area contributed by atoms with Crippen molar-refractivity contribution in [2.75, 3.05) is 20.3 Å². The molecule has 0 aliphatic heterocycles. The van der Waals surface area contributed by atoms with Gasteiger partial charge in [-0.2, -0.15) is 0 Å². The van der Waals surface area contributed by atoms with Gasteiger partial charge in [0.25, 0.3) is 5.91 Å². The first-order valence-corrected chi connectivity index (χ1v) is 6.98. The van der Waals surface area contributed by atoms with Crippen LogP contribution in [-0.4, -0.2) is 37.4 Å². The number of ether oxygens (including phenoxy) is 1. The standard InChI is InChI=1S/C14H16FNO3S/c1-8-12-10(15)4-3-5-11(12)20-13(8)14(18)16-9(6-17)7-19-2/h3-5,9,17H,6-7H2,1-2H3,(H,16,18). The number of thiophene rings is 1. The third kappa shape index (κ3) is 2.82. The van der Waals surface area contributed by atoms with Gasteiger partial charge in [-0.25, -0.2) is 4.39 Å². The van der Waals surface area contributed by atoms with Crippen molar-refractivity contribution < 1.29 is 19.0 Å². The molecule has 1 aromatic heterocycles. The van der Waals surface area contributed by atoms with Gasteiger partial charge >= 0.3 is 0 Å². The summed E-state index contributed by atoms with van der Waals surface area (Å²) in [6.07, 6.45) is 0. The van der Waals surface area contributed by atoms with E-state index in [0.717, 1.165) is 4.70 Å². The van der Waals surface area contributed by atoms with Gasteiger partial charge in [-0.3, -0.25) is 4.79 Å². The number of halogens is 1. The minimum absolute atomic E-state index is 0.210. The second kappa shape index (κ2) is 6.30. The Hall–Kier alpha value is -1.50. The number of aliphatic hydroxyl groups excluding tert-OH is 1. The highest BCUT2D eigenvalue weighted by atomic mass is 32.1. The second-order valence-corrected chi connectivity index (χ2v) is 5.53. The first-order chi connectivity index (χ1) is 9.58. The molecule has 0 radical (unpaired) electrons. The van der Waals surface area contributed by atoms with Crippen LogP contribution in [0.4, 0.5) is 4.39 Å². The number of aliphatic hydroxyl groups is 1. The molecule has 0 saturated heterocycles. The average Bonchev–Trinajstić information content (AvgIpc) is 2.77. The number of hydrogen-bond donors (Lipinski definition) is 2. The van der Waals surface area contributed by atoms with Crippen LogP contribution in [0.15, 0.2) is 18.2 Å². The van der Waals surface area contributed by atoms with Crippen molar-refractivity contribution >= 4 is 27.3 Å². The molecule has 20 heavy (non-hydrogen) atoms. The number of amides is 1. The Morgan fingerprint density at radius 2 is 2.30 bits per heavy atom. The van der Waals surface area contributed by atoms with Crippen molar-refractivity contribution in [1.82, 2.24) is 5.32 Å². The predicted molar refractivity (Wildman–Crippen MR) is 76.7 cm³/mol. The van der Waals surface area contributed by atoms with Crippen molar-refractivity contribution in [2.45, 2.75) is 13.0 Å². The summed E-state index contributed by atoms with van der Waals surface area (Å²) in [5.41, 5.74) is 0.620. The topological polar surface area (TPSA) is 58.6 Å². The van der Waals surface area contributed by atoms with Gasteiger partial charge in [0, 0.05) is 17.2 Å². The Labute approximate surface area is 120 Å². The van der Waals surface area contributed by atoms with Crippen LogP contribution in [0.5, 0.6) is 0 Å². The maximum atomic E-state index is 13.8. The Kier molecular flexibility index (Phi) is 4.69. The summed E-state index contributed by atoms with van der Waals surface area (Å²) in [5, 5.41) is 12.3. The molecule has 0 spiro atoms. The van der Waals surface area contributed by atoms with Crippen LogP contribution in [-0.2, 0) is 4.74 Å². The Balaban J connectivity index is 2.31. The number of fused-ring (bicyclic) bond motifs is 1. The van der Waals surface area contributed by atoms with E-state index in [2.05, 4.69) is 5.32 Å². The number of methoxy groups -OCH3 is 1. The van der Waals surface area contributed by atoms with Crippen molar-refractivity contribution in [3.05, 3.63) is 34.5 Å². The smallest absolute Gasteiger partial charge is 0.262 e. The normalized spacial score (nSPS) is 12.6. The summed E-state index contributed by atoms with van der Waals surface area (Å²) < 4.78 is 19.4. The van der Waals surface area contributed by atoms with Crippen LogP contribution in [0, 0.1) is 12.7 Å². The van der Waals surface area contributed by atoms with Crippen molar-refractivity contribution in [3.8, 4) is 0 Å². The maximum absolute atomic E-state index is 13.8. The van der Waals surface area contributed by atoms with E-state index in [1.165, 1.54) is 24.5 Å². The second-order valence-electron chi connectivity index (χ2n) is 4.48. The minimum atomic E-state index is -0.470. The molecule has 0 saturated carbocycles. The van der Waals surface area contributed by atoms with Gasteiger partial charge in [0.15, 0.2) is 0 Å². The fourth-order valence-corrected chi connectivity index (χ4v) is 3.19. The molecule has 4 nitrogen and oxygen atoms in total. The highest BCUT2D eigenvalue weighted by Gasteiger charge is 2.20. The van der Waals surface area contributed by atoms with Crippen LogP contribution in [0.1, 0.15) is 15.2 Å². The van der Waals surface area contributed by atoms with Gasteiger partial charge in [-0.15, -0.1) is 11.3 Å². The Morgan fingerprint density at radius 3 is 2.90 bits per heavy atom. The summed E-state index contributed by atoms with van der Waals surface area (Å²) >= 11 is 1.24. The molecule has 1 heterocycles. The summed E-state index contributed by atoms with van der Waals surface area (Å²) in [4.78, 5) is 12.7. The van der Waals surface area contributed by atoms with Gasteiger partial charge < -0.3 is 15.2 Å². The van der Waals surface area contributed by atoms with Gasteiger partial charge in [-0.05, 0) is 24.6 Å². The van der Waals surface area contributed by atoms with E-state index in [4.69, 9.17) is 9.84 Å². The van der Waals surface area contributed by atoms with E-state index < -0.39 is 6.04 Å². The van der Waals surface area contributed by atoms with Crippen molar-refractivity contribution in [1.29, 1.82) is 0 Å². The maximum Gasteiger partial charge on any atom is 0.262 e. The fourth-order valence-electron chi connectivity index (χ4n) is 2.06. The van der Waals surface area contributed by atoms with E-state index >= 15 is 0 Å². The van der Waals surface area contributed by atoms with E-state index in [-0.39, 0.29) is 24.9 Å². The molecule has 6 heteroatoms. The number of rotatable bonds is 5. The molecule has 2 N–H and O–H groups in total. The highest BCUT2D eigenvalue weighted by Crippen LogP contribution is 2.32. The van der Waals surface area contributed by atoms with Crippen LogP contribution < -0.4 is 5.32 Å². The number of carbonyl (C=O) groups is 1. The van der Waals surface area contributed by atoms with Crippen LogP contribution in [0.3, 0.4) is 0 Å². The fraction of sp³-hybridized carbons (Fsp3) is 0.357. The van der Waals surface area contributed by atoms with Crippen molar-refractivity contribution in [2.24, 2.45) is 0 Å². The molecule has 0 fully saturated rings. The Morgan fingerprint density at radius 1 is 1.55 bits per heavy atom. The molecule has 2 aromatic rings. The highest BCUT2D eigenvalue weighted by molar-refractivity contribution is 7.21. The lowest BCUT2D eigenvalue weighted by Gasteiger charge is -2.14. The molecule has 0 aliphatic carbocycles. The number of hydrogen-bond acceptors (Lipinski definition) is 4. The number of carbonyl (C=O) groups excluding carboxylic acids is 1. The van der Waals surface area contributed by atoms with E-state index in [1.54, 1.807) is 19.1 Å². The monoisotopic (exact) mass is 297 g/mol. The lowest BCUT2D eigenvalue weighted by molar-refractivity contribution is 0.0843. The zero-order valence-corrected chi connectivity index (χ0v) is 12.1. The van der Waals surface area contributed by atoms with Crippen LogP contribution in [0.2, 0.25) is 0 Å². The quantitative estimate of drug-likeness (QED) is 0.888. The zero-order chi connectivity index (χ0) is 14.7. The lowest BCUT2D eigenvalue weighted by atomic mass is 10.1. The van der Waals surface area contributed by atoms with E-state index in [1.807, 2.05) is 0 Å². The van der Waals surface area contributed by atoms with Gasteiger partial charge in [0.05, 0.1) is 24.1 Å². The number of aryl methyl sites for hydroxylation is 1. The lowest BCUT2D eigenvalue weighted by Crippen LogP contribution is -2.40. The third-order valence-electron chi connectivity index (χ3n) is 3.03. The molecule has 0 aliphatic rings. The number of nitrogens with one attached hydrogen (secondary N) is 1. The summed E-state index contributed by atoms with van der Waals surface area (Å²) in [7, 11) is 1.49. The van der Waals surface area contributed by atoms with Crippen molar-refractivity contribution in [3.63, 3.8) is 0 Å². The average molecular weight is 297 g/mol. The first kappa shape index (κ1) is 14.9. The summed E-state index contributed by atoms with van der Waals surface area (Å²) in [6.45, 7) is 1.74. The van der Waals surface area contributed by atoms with E-state index in [9.17, 15) is 9.18 Å². The van der Waals surface area contributed by atoms with Crippen LogP contribution >= 0.6 is 11.3 Å². The third-order valence-corrected chi connectivity index (χ3v) is 4.29. The molecular weight excluding hydrogens is 281 g/mol. The minimum Gasteiger partial charge on any atom is -0.394 e. The molecule has 2 rings (SSSR count). The Bertz CT molecular complexity index is 626. The molecule has 1 amide bonds. The van der Waals surface area contributed by atoms with Gasteiger partial charge in [0.1, 0.15) is 5.82 Å². The molecule has 1 aromatic carbocycles. The predicted octanol–water partition coefficient (Wildman–Crippen LogP) is 2.09.